The molecule has 3 aliphatic carbocycles. The first-order chi connectivity index (χ1) is 34.0. The Labute approximate surface area is 407 Å². The Morgan fingerprint density at radius 3 is 1.64 bits per heavy atom. The minimum Gasteiger partial charge on any atom is -0.310 e. The van der Waals surface area contributed by atoms with Crippen LogP contribution in [0.15, 0.2) is 243 Å². The summed E-state index contributed by atoms with van der Waals surface area (Å²) in [4.78, 5) is 6.38. The van der Waals surface area contributed by atoms with Gasteiger partial charge in [0, 0.05) is 59.8 Å². The quantitative estimate of drug-likeness (QED) is 0.157. The fraction of sp³-hybridized carbons (Fsp3) is 0.0606. The summed E-state index contributed by atoms with van der Waals surface area (Å²) in [5.74, 6) is 0. The van der Waals surface area contributed by atoms with Crippen LogP contribution in [0.3, 0.4) is 0 Å². The summed E-state index contributed by atoms with van der Waals surface area (Å²) in [7, 11) is 0. The molecule has 0 saturated heterocycles. The number of hydrogen-bond acceptors (Lipinski definition) is 3. The van der Waals surface area contributed by atoms with E-state index in [1.54, 1.807) is 0 Å². The molecule has 2 nitrogen and oxygen atoms in total. The first kappa shape index (κ1) is 39.9. The lowest BCUT2D eigenvalue weighted by molar-refractivity contribution is 0.660. The van der Waals surface area contributed by atoms with Crippen molar-refractivity contribution in [1.29, 1.82) is 0 Å². The van der Waals surface area contributed by atoms with E-state index in [-0.39, 0.29) is 5.41 Å². The van der Waals surface area contributed by atoms with Crippen molar-refractivity contribution in [3.8, 4) is 44.5 Å². The van der Waals surface area contributed by atoms with Crippen molar-refractivity contribution in [2.75, 3.05) is 9.80 Å². The molecule has 326 valence electrons. The van der Waals surface area contributed by atoms with E-state index in [2.05, 4.69) is 266 Å². The van der Waals surface area contributed by atoms with Crippen LogP contribution >= 0.6 is 11.3 Å². The van der Waals surface area contributed by atoms with Gasteiger partial charge >= 0.3 is 0 Å². The summed E-state index contributed by atoms with van der Waals surface area (Å²) in [5, 5.41) is 1.31. The summed E-state index contributed by atoms with van der Waals surface area (Å²) in [6, 6.07) is 90.4. The second kappa shape index (κ2) is 15.1. The number of fused-ring (bicyclic) bond motifs is 15. The highest BCUT2D eigenvalue weighted by Crippen LogP contribution is 2.69. The van der Waals surface area contributed by atoms with Crippen LogP contribution in [0.25, 0.3) is 54.6 Å². The van der Waals surface area contributed by atoms with Crippen LogP contribution < -0.4 is 9.80 Å². The molecule has 69 heavy (non-hydrogen) atoms. The number of anilines is 6. The summed E-state index contributed by atoms with van der Waals surface area (Å²) < 4.78 is 1.31. The maximum Gasteiger partial charge on any atom is 0.0839 e. The number of rotatable bonds is 7. The molecule has 0 amide bonds. The average molecular weight is 899 g/mol. The van der Waals surface area contributed by atoms with E-state index in [0.717, 1.165) is 28.4 Å². The molecule has 1 unspecified atom stereocenters. The molecule has 3 heteroatoms. The predicted octanol–water partition coefficient (Wildman–Crippen LogP) is 18.2. The van der Waals surface area contributed by atoms with Crippen molar-refractivity contribution in [2.45, 2.75) is 24.7 Å². The van der Waals surface area contributed by atoms with Crippen LogP contribution in [0, 0.1) is 0 Å². The maximum atomic E-state index is 2.60. The highest BCUT2D eigenvalue weighted by Gasteiger charge is 2.55. The van der Waals surface area contributed by atoms with Crippen molar-refractivity contribution in [1.82, 2.24) is 0 Å². The summed E-state index contributed by atoms with van der Waals surface area (Å²) in [5.41, 5.74) is 22.9. The molecule has 0 bridgehead atoms. The van der Waals surface area contributed by atoms with Gasteiger partial charge in [-0.25, -0.2) is 0 Å². The van der Waals surface area contributed by atoms with Crippen LogP contribution in [0.4, 0.5) is 34.1 Å². The van der Waals surface area contributed by atoms with E-state index in [1.807, 2.05) is 11.3 Å². The Morgan fingerprint density at radius 2 is 0.884 bits per heavy atom. The highest BCUT2D eigenvalue weighted by molar-refractivity contribution is 7.20. The molecule has 10 aromatic carbocycles. The molecule has 11 aromatic rings. The van der Waals surface area contributed by atoms with Crippen LogP contribution in [-0.4, -0.2) is 0 Å². The molecule has 0 fully saturated rings. The van der Waals surface area contributed by atoms with Crippen LogP contribution in [0.5, 0.6) is 0 Å². The number of hydrogen-bond donors (Lipinski definition) is 0. The van der Waals surface area contributed by atoms with E-state index < -0.39 is 5.41 Å². The van der Waals surface area contributed by atoms with Crippen LogP contribution in [-0.2, 0) is 10.8 Å². The minimum atomic E-state index is -0.619. The zero-order valence-corrected chi connectivity index (χ0v) is 39.2. The zero-order chi connectivity index (χ0) is 45.8. The Morgan fingerprint density at radius 1 is 0.348 bits per heavy atom. The van der Waals surface area contributed by atoms with Gasteiger partial charge in [0.25, 0.3) is 0 Å². The van der Waals surface area contributed by atoms with E-state index in [0.29, 0.717) is 0 Å². The van der Waals surface area contributed by atoms with E-state index >= 15 is 0 Å². The van der Waals surface area contributed by atoms with Crippen molar-refractivity contribution in [2.24, 2.45) is 0 Å². The lowest BCUT2D eigenvalue weighted by Crippen LogP contribution is -2.28. The summed E-state index contributed by atoms with van der Waals surface area (Å²) in [6.07, 6.45) is 0. The molecule has 0 saturated carbocycles. The Hall–Kier alpha value is -8.24. The number of para-hydroxylation sites is 3. The van der Waals surface area contributed by atoms with Gasteiger partial charge in [0.1, 0.15) is 0 Å². The normalized spacial score (nSPS) is 15.3. The highest BCUT2D eigenvalue weighted by atomic mass is 32.1. The van der Waals surface area contributed by atoms with Gasteiger partial charge in [0.15, 0.2) is 0 Å². The first-order valence-corrected chi connectivity index (χ1v) is 24.8. The maximum absolute atomic E-state index is 2.60. The van der Waals surface area contributed by atoms with Gasteiger partial charge in [0.05, 0.1) is 16.8 Å². The average Bonchev–Trinajstić information content (AvgIpc) is 4.09. The Balaban J connectivity index is 1.08. The smallest absolute Gasteiger partial charge is 0.0839 e. The molecule has 1 heterocycles. The van der Waals surface area contributed by atoms with E-state index in [9.17, 15) is 0 Å². The topological polar surface area (TPSA) is 6.48 Å². The molecule has 0 aliphatic heterocycles. The predicted molar refractivity (Wildman–Crippen MR) is 290 cm³/mol. The monoisotopic (exact) mass is 898 g/mol. The second-order valence-corrected chi connectivity index (χ2v) is 20.2. The Kier molecular flexibility index (Phi) is 8.75. The van der Waals surface area contributed by atoms with Gasteiger partial charge < -0.3 is 9.80 Å². The second-order valence-electron chi connectivity index (χ2n) is 19.2. The third-order valence-electron chi connectivity index (χ3n) is 15.2. The molecular formula is C66H46N2S. The van der Waals surface area contributed by atoms with Gasteiger partial charge in [-0.2, -0.15) is 0 Å². The molecule has 0 radical (unpaired) electrons. The van der Waals surface area contributed by atoms with Crippen molar-refractivity contribution in [3.63, 3.8) is 0 Å². The van der Waals surface area contributed by atoms with Crippen molar-refractivity contribution < 1.29 is 0 Å². The van der Waals surface area contributed by atoms with Gasteiger partial charge in [0.2, 0.25) is 0 Å². The lowest BCUT2D eigenvalue weighted by atomic mass is 9.73. The number of nitrogens with zero attached hydrogens (tertiary/aromatic N) is 2. The molecule has 1 atom stereocenters. The summed E-state index contributed by atoms with van der Waals surface area (Å²) >= 11 is 1.96. The molecule has 3 aliphatic rings. The molecule has 1 aromatic heterocycles. The molecule has 0 N–H and O–H groups in total. The van der Waals surface area contributed by atoms with Gasteiger partial charge in [-0.3, -0.25) is 0 Å². The van der Waals surface area contributed by atoms with Gasteiger partial charge in [-0.05, 0) is 122 Å². The Bertz CT molecular complexity index is 3790. The summed E-state index contributed by atoms with van der Waals surface area (Å²) in [6.45, 7) is 4.78. The largest absolute Gasteiger partial charge is 0.310 e. The standard InChI is InChI=1S/C66H46N2S/c1-65(2)55-32-16-12-28-49(55)51-39-37-47(42-58(51)65)68(59-34-18-14-27-48(59)43-21-6-3-7-22-43)60-35-20-31-53-62-52-30-15-19-36-61(52)69-64(62)66(63(53)60)56-33-17-13-29-50(56)54-41-46(38-40-57(54)66)67(44-23-8-4-9-24-44)45-25-10-5-11-26-45/h3-42H,1-2H3. The molecule has 1 spiro atoms. The van der Waals surface area contributed by atoms with Crippen molar-refractivity contribution in [3.05, 3.63) is 275 Å². The van der Waals surface area contributed by atoms with Crippen LogP contribution in [0.1, 0.15) is 46.5 Å². The molecule has 14 rings (SSSR count). The third kappa shape index (κ3) is 5.66. The first-order valence-electron chi connectivity index (χ1n) is 24.0. The van der Waals surface area contributed by atoms with E-state index in [1.165, 1.54) is 93.0 Å². The fourth-order valence-corrected chi connectivity index (χ4v) is 13.8. The SMILES string of the molecule is CC1(C)c2ccccc2-c2ccc(N(c3ccccc3-c3ccccc3)c3cccc4c3C3(c5ccccc5-c5cc(N(c6ccccc6)c6ccccc6)ccc53)c3sc5ccccc5c3-4)cc21. The minimum absolute atomic E-state index is 0.177. The molecular weight excluding hydrogens is 853 g/mol. The van der Waals surface area contributed by atoms with Gasteiger partial charge in [-0.15, -0.1) is 11.3 Å². The van der Waals surface area contributed by atoms with E-state index in [4.69, 9.17) is 0 Å². The number of benzene rings is 10. The number of thiophene rings is 1. The fourth-order valence-electron chi connectivity index (χ4n) is 12.3. The lowest BCUT2D eigenvalue weighted by Gasteiger charge is -2.36. The zero-order valence-electron chi connectivity index (χ0n) is 38.4. The van der Waals surface area contributed by atoms with Crippen molar-refractivity contribution >= 4 is 55.5 Å². The third-order valence-corrected chi connectivity index (χ3v) is 16.5. The van der Waals surface area contributed by atoms with Gasteiger partial charge in [-0.1, -0.05) is 190 Å². The van der Waals surface area contributed by atoms with Crippen LogP contribution in [0.2, 0.25) is 0 Å².